The number of para-hydroxylation sites is 1. The molecule has 2 unspecified atom stereocenters. The van der Waals surface area contributed by atoms with Crippen molar-refractivity contribution >= 4 is 5.69 Å². The third-order valence-corrected chi connectivity index (χ3v) is 3.93. The van der Waals surface area contributed by atoms with Gasteiger partial charge in [0.1, 0.15) is 0 Å². The highest BCUT2D eigenvalue weighted by atomic mass is 15.0. The summed E-state index contributed by atoms with van der Waals surface area (Å²) >= 11 is 0. The Labute approximate surface area is 97.4 Å². The lowest BCUT2D eigenvalue weighted by atomic mass is 10.1. The second-order valence-corrected chi connectivity index (χ2v) is 5.02. The van der Waals surface area contributed by atoms with E-state index in [9.17, 15) is 0 Å². The zero-order valence-corrected chi connectivity index (χ0v) is 9.92. The SMILES string of the molecule is CCC1CC1NCc1cccc2c1NCC2. The fraction of sp³-hybridized carbons (Fsp3) is 0.571. The molecule has 16 heavy (non-hydrogen) atoms. The van der Waals surface area contributed by atoms with Crippen molar-refractivity contribution in [1.82, 2.24) is 5.32 Å². The first-order valence-electron chi connectivity index (χ1n) is 6.46. The number of fused-ring (bicyclic) bond motifs is 1. The lowest BCUT2D eigenvalue weighted by molar-refractivity contribution is 0.624. The summed E-state index contributed by atoms with van der Waals surface area (Å²) in [4.78, 5) is 0. The van der Waals surface area contributed by atoms with Gasteiger partial charge < -0.3 is 10.6 Å². The minimum absolute atomic E-state index is 0.780. The molecule has 0 spiro atoms. The highest BCUT2D eigenvalue weighted by Gasteiger charge is 2.34. The van der Waals surface area contributed by atoms with Crippen LogP contribution in [0.15, 0.2) is 18.2 Å². The lowest BCUT2D eigenvalue weighted by Gasteiger charge is -2.09. The van der Waals surface area contributed by atoms with Crippen LogP contribution in [0.2, 0.25) is 0 Å². The maximum Gasteiger partial charge on any atom is 0.0419 e. The largest absolute Gasteiger partial charge is 0.384 e. The van der Waals surface area contributed by atoms with Gasteiger partial charge in [0.25, 0.3) is 0 Å². The molecule has 2 atom stereocenters. The Morgan fingerprint density at radius 1 is 1.44 bits per heavy atom. The van der Waals surface area contributed by atoms with Gasteiger partial charge >= 0.3 is 0 Å². The van der Waals surface area contributed by atoms with Gasteiger partial charge in [-0.15, -0.1) is 0 Å². The average Bonchev–Trinajstić information content (AvgIpc) is 2.91. The third kappa shape index (κ3) is 1.82. The van der Waals surface area contributed by atoms with Crippen LogP contribution in [0, 0.1) is 5.92 Å². The Morgan fingerprint density at radius 2 is 2.38 bits per heavy atom. The molecule has 1 aromatic rings. The summed E-state index contributed by atoms with van der Waals surface area (Å²) in [5, 5.41) is 7.16. The molecule has 3 rings (SSSR count). The van der Waals surface area contributed by atoms with Crippen molar-refractivity contribution in [3.8, 4) is 0 Å². The van der Waals surface area contributed by atoms with Crippen LogP contribution >= 0.6 is 0 Å². The summed E-state index contributed by atoms with van der Waals surface area (Å²) in [6, 6.07) is 7.45. The number of hydrogen-bond acceptors (Lipinski definition) is 2. The molecule has 0 aromatic heterocycles. The molecule has 1 heterocycles. The van der Waals surface area contributed by atoms with E-state index < -0.39 is 0 Å². The molecule has 0 bridgehead atoms. The first-order chi connectivity index (χ1) is 7.88. The van der Waals surface area contributed by atoms with Gasteiger partial charge in [0.05, 0.1) is 0 Å². The van der Waals surface area contributed by atoms with Crippen LogP contribution in [0.3, 0.4) is 0 Å². The van der Waals surface area contributed by atoms with Crippen molar-refractivity contribution < 1.29 is 0 Å². The molecule has 0 amide bonds. The quantitative estimate of drug-likeness (QED) is 0.808. The van der Waals surface area contributed by atoms with Crippen LogP contribution in [0.5, 0.6) is 0 Å². The monoisotopic (exact) mass is 216 g/mol. The smallest absolute Gasteiger partial charge is 0.0419 e. The van der Waals surface area contributed by atoms with Gasteiger partial charge in [-0.25, -0.2) is 0 Å². The Balaban J connectivity index is 1.64. The van der Waals surface area contributed by atoms with Crippen LogP contribution in [-0.4, -0.2) is 12.6 Å². The third-order valence-electron chi connectivity index (χ3n) is 3.93. The van der Waals surface area contributed by atoms with Crippen molar-refractivity contribution in [2.45, 2.75) is 38.8 Å². The van der Waals surface area contributed by atoms with E-state index in [-0.39, 0.29) is 0 Å². The fourth-order valence-electron chi connectivity index (χ4n) is 2.75. The summed E-state index contributed by atoms with van der Waals surface area (Å²) in [6.45, 7) is 4.42. The van der Waals surface area contributed by atoms with Gasteiger partial charge in [-0.2, -0.15) is 0 Å². The highest BCUT2D eigenvalue weighted by Crippen LogP contribution is 2.34. The molecule has 1 aromatic carbocycles. The van der Waals surface area contributed by atoms with E-state index in [1.165, 1.54) is 36.1 Å². The number of hydrogen-bond donors (Lipinski definition) is 2. The van der Waals surface area contributed by atoms with Crippen molar-refractivity contribution in [3.63, 3.8) is 0 Å². The molecule has 1 fully saturated rings. The second-order valence-electron chi connectivity index (χ2n) is 5.02. The first kappa shape index (κ1) is 10.2. The maximum absolute atomic E-state index is 3.66. The zero-order chi connectivity index (χ0) is 11.0. The topological polar surface area (TPSA) is 24.1 Å². The average molecular weight is 216 g/mol. The molecule has 2 heteroatoms. The Kier molecular flexibility index (Phi) is 2.60. The molecule has 2 aliphatic rings. The van der Waals surface area contributed by atoms with E-state index in [1.54, 1.807) is 0 Å². The van der Waals surface area contributed by atoms with Crippen LogP contribution in [-0.2, 0) is 13.0 Å². The molecule has 86 valence electrons. The summed E-state index contributed by atoms with van der Waals surface area (Å²) < 4.78 is 0. The van der Waals surface area contributed by atoms with Gasteiger partial charge in [-0.1, -0.05) is 31.5 Å². The van der Waals surface area contributed by atoms with Crippen molar-refractivity contribution in [2.24, 2.45) is 5.92 Å². The van der Waals surface area contributed by atoms with Crippen LogP contribution in [0.4, 0.5) is 5.69 Å². The molecular weight excluding hydrogens is 196 g/mol. The van der Waals surface area contributed by atoms with Crippen LogP contribution < -0.4 is 10.6 Å². The van der Waals surface area contributed by atoms with Crippen molar-refractivity contribution in [1.29, 1.82) is 0 Å². The molecule has 0 radical (unpaired) electrons. The number of rotatable bonds is 4. The van der Waals surface area contributed by atoms with Gasteiger partial charge in [0, 0.05) is 24.8 Å². The standard InChI is InChI=1S/C14H20N2/c1-2-10-8-13(10)16-9-12-5-3-4-11-6-7-15-14(11)12/h3-5,10,13,15-16H,2,6-9H2,1H3. The van der Waals surface area contributed by atoms with E-state index in [0.717, 1.165) is 25.0 Å². The lowest BCUT2D eigenvalue weighted by Crippen LogP contribution is -2.18. The van der Waals surface area contributed by atoms with E-state index in [0.29, 0.717) is 0 Å². The molecule has 2 N–H and O–H groups in total. The summed E-state index contributed by atoms with van der Waals surface area (Å²) in [5.74, 6) is 0.935. The molecule has 2 nitrogen and oxygen atoms in total. The fourth-order valence-corrected chi connectivity index (χ4v) is 2.75. The minimum Gasteiger partial charge on any atom is -0.384 e. The Hall–Kier alpha value is -1.02. The first-order valence-corrected chi connectivity index (χ1v) is 6.46. The van der Waals surface area contributed by atoms with E-state index in [4.69, 9.17) is 0 Å². The Bertz CT molecular complexity index is 386. The van der Waals surface area contributed by atoms with Crippen LogP contribution in [0.25, 0.3) is 0 Å². The summed E-state index contributed by atoms with van der Waals surface area (Å²) in [7, 11) is 0. The number of nitrogens with one attached hydrogen (secondary N) is 2. The minimum atomic E-state index is 0.780. The van der Waals surface area contributed by atoms with E-state index >= 15 is 0 Å². The Morgan fingerprint density at radius 3 is 3.19 bits per heavy atom. The van der Waals surface area contributed by atoms with Gasteiger partial charge in [-0.05, 0) is 29.9 Å². The van der Waals surface area contributed by atoms with Crippen LogP contribution in [0.1, 0.15) is 30.9 Å². The molecule has 1 saturated carbocycles. The van der Waals surface area contributed by atoms with Crippen molar-refractivity contribution in [3.05, 3.63) is 29.3 Å². The second kappa shape index (κ2) is 4.10. The highest BCUT2D eigenvalue weighted by molar-refractivity contribution is 5.61. The predicted molar refractivity (Wildman–Crippen MR) is 67.7 cm³/mol. The van der Waals surface area contributed by atoms with Gasteiger partial charge in [0.2, 0.25) is 0 Å². The summed E-state index contributed by atoms with van der Waals surface area (Å²) in [6.07, 6.45) is 3.88. The number of anilines is 1. The van der Waals surface area contributed by atoms with Gasteiger partial charge in [0.15, 0.2) is 0 Å². The maximum atomic E-state index is 3.66. The molecule has 0 saturated heterocycles. The predicted octanol–water partition coefficient (Wildman–Crippen LogP) is 2.54. The molecular formula is C14H20N2. The van der Waals surface area contributed by atoms with Crippen molar-refractivity contribution in [2.75, 3.05) is 11.9 Å². The molecule has 1 aliphatic carbocycles. The summed E-state index contributed by atoms with van der Waals surface area (Å²) in [5.41, 5.74) is 4.32. The zero-order valence-electron chi connectivity index (χ0n) is 9.92. The normalized spacial score (nSPS) is 26.3. The molecule has 1 aliphatic heterocycles. The van der Waals surface area contributed by atoms with E-state index in [2.05, 4.69) is 35.8 Å². The number of benzene rings is 1. The van der Waals surface area contributed by atoms with E-state index in [1.807, 2.05) is 0 Å². The van der Waals surface area contributed by atoms with Gasteiger partial charge in [-0.3, -0.25) is 0 Å².